The Morgan fingerprint density at radius 1 is 1.14 bits per heavy atom. The van der Waals surface area contributed by atoms with Gasteiger partial charge in [-0.1, -0.05) is 48.5 Å². The second-order valence-corrected chi connectivity index (χ2v) is 5.45. The number of carbonyl (C=O) groups excluding carboxylic acids is 1. The second-order valence-electron chi connectivity index (χ2n) is 5.45. The maximum atomic E-state index is 12.4. The van der Waals surface area contributed by atoms with E-state index in [1.165, 1.54) is 11.3 Å². The summed E-state index contributed by atoms with van der Waals surface area (Å²) >= 11 is 0. The molecule has 0 saturated carbocycles. The molecule has 1 unspecified atom stereocenters. The summed E-state index contributed by atoms with van der Waals surface area (Å²) < 4.78 is 0. The highest BCUT2D eigenvalue weighted by atomic mass is 16.2. The maximum absolute atomic E-state index is 12.4. The minimum absolute atomic E-state index is 0.0792. The van der Waals surface area contributed by atoms with E-state index in [9.17, 15) is 4.79 Å². The Balaban J connectivity index is 1.63. The molecule has 0 spiro atoms. The Hall–Kier alpha value is -2.29. The van der Waals surface area contributed by atoms with Crippen molar-refractivity contribution in [2.75, 3.05) is 11.4 Å². The summed E-state index contributed by atoms with van der Waals surface area (Å²) in [6.07, 6.45) is 1.02. The molecule has 1 N–H and O–H groups in total. The first-order valence-electron chi connectivity index (χ1n) is 7.42. The molecule has 2 aromatic carbocycles. The average Bonchev–Trinajstić information content (AvgIpc) is 2.97. The molecule has 0 aliphatic carbocycles. The number of carbonyl (C=O) groups is 1. The van der Waals surface area contributed by atoms with E-state index in [2.05, 4.69) is 28.4 Å². The van der Waals surface area contributed by atoms with Gasteiger partial charge in [0.05, 0.1) is 0 Å². The van der Waals surface area contributed by atoms with E-state index in [1.807, 2.05) is 43.3 Å². The summed E-state index contributed by atoms with van der Waals surface area (Å²) in [4.78, 5) is 14.6. The van der Waals surface area contributed by atoms with Gasteiger partial charge in [0.1, 0.15) is 6.04 Å². The standard InChI is InChI=1S/C18H20N2O/c1-14(18(21)19-13-15-7-3-2-4-8-15)20-12-11-16-9-5-6-10-17(16)20/h2-10,14H,11-13H2,1H3,(H,19,21). The molecule has 0 saturated heterocycles. The van der Waals surface area contributed by atoms with Crippen molar-refractivity contribution in [1.29, 1.82) is 0 Å². The molecule has 3 nitrogen and oxygen atoms in total. The predicted molar refractivity (Wildman–Crippen MR) is 85.2 cm³/mol. The molecule has 0 radical (unpaired) electrons. The van der Waals surface area contributed by atoms with E-state index in [-0.39, 0.29) is 11.9 Å². The number of amides is 1. The van der Waals surface area contributed by atoms with Gasteiger partial charge < -0.3 is 10.2 Å². The molecule has 108 valence electrons. The van der Waals surface area contributed by atoms with Gasteiger partial charge in [0.2, 0.25) is 5.91 Å². The highest BCUT2D eigenvalue weighted by Gasteiger charge is 2.27. The normalized spacial score (nSPS) is 14.6. The van der Waals surface area contributed by atoms with E-state index in [1.54, 1.807) is 0 Å². The molecule has 0 fully saturated rings. The van der Waals surface area contributed by atoms with E-state index in [4.69, 9.17) is 0 Å². The van der Waals surface area contributed by atoms with Crippen LogP contribution < -0.4 is 10.2 Å². The Labute approximate surface area is 125 Å². The number of benzene rings is 2. The van der Waals surface area contributed by atoms with Crippen molar-refractivity contribution in [1.82, 2.24) is 5.32 Å². The third kappa shape index (κ3) is 2.92. The van der Waals surface area contributed by atoms with Crippen LogP contribution in [0.15, 0.2) is 54.6 Å². The quantitative estimate of drug-likeness (QED) is 0.934. The van der Waals surface area contributed by atoms with Gasteiger partial charge in [0, 0.05) is 18.8 Å². The van der Waals surface area contributed by atoms with Crippen LogP contribution in [0.2, 0.25) is 0 Å². The molecule has 1 aliphatic heterocycles. The van der Waals surface area contributed by atoms with Gasteiger partial charge in [-0.2, -0.15) is 0 Å². The zero-order valence-electron chi connectivity index (χ0n) is 12.3. The van der Waals surface area contributed by atoms with Crippen LogP contribution in [0.3, 0.4) is 0 Å². The third-order valence-corrected chi connectivity index (χ3v) is 4.08. The van der Waals surface area contributed by atoms with E-state index in [0.29, 0.717) is 6.54 Å². The predicted octanol–water partition coefficient (Wildman–Crippen LogP) is 2.75. The Morgan fingerprint density at radius 2 is 1.86 bits per heavy atom. The fourth-order valence-corrected chi connectivity index (χ4v) is 2.84. The summed E-state index contributed by atoms with van der Waals surface area (Å²) in [5, 5.41) is 3.03. The zero-order valence-corrected chi connectivity index (χ0v) is 12.3. The van der Waals surface area contributed by atoms with Gasteiger partial charge >= 0.3 is 0 Å². The number of nitrogens with one attached hydrogen (secondary N) is 1. The lowest BCUT2D eigenvalue weighted by Gasteiger charge is -2.26. The van der Waals surface area contributed by atoms with Crippen LogP contribution in [0.25, 0.3) is 0 Å². The minimum Gasteiger partial charge on any atom is -0.359 e. The number of para-hydroxylation sites is 1. The van der Waals surface area contributed by atoms with Crippen LogP contribution >= 0.6 is 0 Å². The van der Waals surface area contributed by atoms with Crippen LogP contribution in [0.5, 0.6) is 0 Å². The SMILES string of the molecule is CC(C(=O)NCc1ccccc1)N1CCc2ccccc21. The number of nitrogens with zero attached hydrogens (tertiary/aromatic N) is 1. The molecule has 21 heavy (non-hydrogen) atoms. The van der Waals surface area contributed by atoms with Crippen molar-refractivity contribution in [2.24, 2.45) is 0 Å². The molecule has 1 amide bonds. The maximum Gasteiger partial charge on any atom is 0.242 e. The molecule has 1 heterocycles. The molecular weight excluding hydrogens is 260 g/mol. The summed E-state index contributed by atoms with van der Waals surface area (Å²) in [6, 6.07) is 18.2. The van der Waals surface area contributed by atoms with Crippen LogP contribution in [-0.4, -0.2) is 18.5 Å². The van der Waals surface area contributed by atoms with E-state index >= 15 is 0 Å². The van der Waals surface area contributed by atoms with Crippen LogP contribution in [0.4, 0.5) is 5.69 Å². The summed E-state index contributed by atoms with van der Waals surface area (Å²) in [6.45, 7) is 3.47. The molecule has 1 aliphatic rings. The smallest absolute Gasteiger partial charge is 0.242 e. The monoisotopic (exact) mass is 280 g/mol. The van der Waals surface area contributed by atoms with Gasteiger partial charge in [-0.15, -0.1) is 0 Å². The highest BCUT2D eigenvalue weighted by molar-refractivity contribution is 5.85. The lowest BCUT2D eigenvalue weighted by molar-refractivity contribution is -0.122. The van der Waals surface area contributed by atoms with Crippen LogP contribution in [-0.2, 0) is 17.8 Å². The van der Waals surface area contributed by atoms with Gasteiger partial charge in [0.25, 0.3) is 0 Å². The van der Waals surface area contributed by atoms with Gasteiger partial charge in [-0.3, -0.25) is 4.79 Å². The van der Waals surface area contributed by atoms with Crippen molar-refractivity contribution >= 4 is 11.6 Å². The highest BCUT2D eigenvalue weighted by Crippen LogP contribution is 2.29. The van der Waals surface area contributed by atoms with Crippen LogP contribution in [0.1, 0.15) is 18.1 Å². The molecule has 2 aromatic rings. The van der Waals surface area contributed by atoms with Crippen LogP contribution in [0, 0.1) is 0 Å². The lowest BCUT2D eigenvalue weighted by Crippen LogP contribution is -2.44. The average molecular weight is 280 g/mol. The largest absolute Gasteiger partial charge is 0.359 e. The van der Waals surface area contributed by atoms with Crippen molar-refractivity contribution < 1.29 is 4.79 Å². The Kier molecular flexibility index (Phi) is 3.91. The van der Waals surface area contributed by atoms with Gasteiger partial charge in [0.15, 0.2) is 0 Å². The molecule has 3 heteroatoms. The van der Waals surface area contributed by atoms with E-state index < -0.39 is 0 Å². The summed E-state index contributed by atoms with van der Waals surface area (Å²) in [5.74, 6) is 0.0792. The van der Waals surface area contributed by atoms with Crippen molar-refractivity contribution in [3.05, 3.63) is 65.7 Å². The summed E-state index contributed by atoms with van der Waals surface area (Å²) in [5.41, 5.74) is 3.65. The minimum atomic E-state index is -0.141. The first-order valence-corrected chi connectivity index (χ1v) is 7.42. The summed E-state index contributed by atoms with van der Waals surface area (Å²) in [7, 11) is 0. The van der Waals surface area contributed by atoms with Crippen molar-refractivity contribution in [3.8, 4) is 0 Å². The molecule has 0 bridgehead atoms. The Morgan fingerprint density at radius 3 is 2.67 bits per heavy atom. The lowest BCUT2D eigenvalue weighted by atomic mass is 10.1. The fourth-order valence-electron chi connectivity index (χ4n) is 2.84. The number of anilines is 1. The topological polar surface area (TPSA) is 32.3 Å². The van der Waals surface area contributed by atoms with E-state index in [0.717, 1.165) is 18.5 Å². The molecule has 3 rings (SSSR count). The number of rotatable bonds is 4. The van der Waals surface area contributed by atoms with Crippen molar-refractivity contribution in [3.63, 3.8) is 0 Å². The number of hydrogen-bond donors (Lipinski definition) is 1. The fraction of sp³-hybridized carbons (Fsp3) is 0.278. The second kappa shape index (κ2) is 6.00. The number of fused-ring (bicyclic) bond motifs is 1. The first-order chi connectivity index (χ1) is 10.3. The molecular formula is C18H20N2O. The molecule has 1 atom stereocenters. The van der Waals surface area contributed by atoms with Gasteiger partial charge in [-0.05, 0) is 30.5 Å². The Bertz CT molecular complexity index is 624. The molecule has 0 aromatic heterocycles. The number of hydrogen-bond acceptors (Lipinski definition) is 2. The first kappa shape index (κ1) is 13.7. The van der Waals surface area contributed by atoms with Crippen molar-refractivity contribution in [2.45, 2.75) is 25.9 Å². The third-order valence-electron chi connectivity index (χ3n) is 4.08. The van der Waals surface area contributed by atoms with Gasteiger partial charge in [-0.25, -0.2) is 0 Å². The zero-order chi connectivity index (χ0) is 14.7.